The lowest BCUT2D eigenvalue weighted by Gasteiger charge is -2.15. The highest BCUT2D eigenvalue weighted by Gasteiger charge is 2.21. The molecule has 0 unspecified atom stereocenters. The van der Waals surface area contributed by atoms with Crippen LogP contribution >= 0.6 is 0 Å². The summed E-state index contributed by atoms with van der Waals surface area (Å²) in [5.74, 6) is -2.09. The van der Waals surface area contributed by atoms with E-state index in [9.17, 15) is 19.2 Å². The zero-order valence-corrected chi connectivity index (χ0v) is 18.9. The third kappa shape index (κ3) is 6.14. The molecule has 35 heavy (non-hydrogen) atoms. The van der Waals surface area contributed by atoms with Gasteiger partial charge in [0.15, 0.2) is 12.4 Å². The fourth-order valence-electron chi connectivity index (χ4n) is 3.88. The monoisotopic (exact) mass is 475 g/mol. The van der Waals surface area contributed by atoms with Crippen LogP contribution in [0, 0.1) is 0 Å². The van der Waals surface area contributed by atoms with E-state index in [-0.39, 0.29) is 29.0 Å². The van der Waals surface area contributed by atoms with E-state index in [0.717, 1.165) is 25.7 Å². The lowest BCUT2D eigenvalue weighted by molar-refractivity contribution is -0.119. The Balaban J connectivity index is 1.35. The molecule has 0 radical (unpaired) electrons. The number of benzene rings is 2. The number of carbonyl (C=O) groups excluding carboxylic acids is 4. The fourth-order valence-corrected chi connectivity index (χ4v) is 3.88. The van der Waals surface area contributed by atoms with Gasteiger partial charge in [0.05, 0.1) is 28.8 Å². The Morgan fingerprint density at radius 3 is 2.14 bits per heavy atom. The summed E-state index contributed by atoms with van der Waals surface area (Å²) in [6.07, 6.45) is 5.43. The summed E-state index contributed by atoms with van der Waals surface area (Å²) in [4.78, 5) is 50.0. The number of para-hydroxylation sites is 2. The van der Waals surface area contributed by atoms with Crippen LogP contribution in [-0.2, 0) is 9.53 Å². The molecule has 1 aromatic heterocycles. The molecule has 0 atom stereocenters. The van der Waals surface area contributed by atoms with Crippen LogP contribution < -0.4 is 16.0 Å². The van der Waals surface area contributed by atoms with Crippen LogP contribution in [0.2, 0.25) is 0 Å². The molecule has 1 heterocycles. The molecule has 0 spiro atoms. The predicted molar refractivity (Wildman–Crippen MR) is 128 cm³/mol. The van der Waals surface area contributed by atoms with Crippen molar-refractivity contribution in [2.75, 3.05) is 17.2 Å². The first-order valence-electron chi connectivity index (χ1n) is 11.3. The molecule has 3 amide bonds. The van der Waals surface area contributed by atoms with E-state index in [1.165, 1.54) is 24.5 Å². The molecule has 1 saturated carbocycles. The zero-order chi connectivity index (χ0) is 24.6. The van der Waals surface area contributed by atoms with E-state index in [0.29, 0.717) is 11.3 Å². The summed E-state index contributed by atoms with van der Waals surface area (Å²) >= 11 is 0. The van der Waals surface area contributed by atoms with Crippen LogP contribution in [0.4, 0.5) is 11.4 Å². The SMILES string of the molecule is O=C(COC(=O)c1ccccc1NC(=O)c1ccco1)Nc1ccccc1C(=O)NC1CCCC1. The molecule has 0 saturated heterocycles. The second-order valence-corrected chi connectivity index (χ2v) is 8.10. The van der Waals surface area contributed by atoms with Crippen LogP contribution in [0.15, 0.2) is 71.3 Å². The van der Waals surface area contributed by atoms with Gasteiger partial charge in [0, 0.05) is 6.04 Å². The molecule has 3 aromatic rings. The molecule has 1 aliphatic carbocycles. The number of anilines is 2. The Kier molecular flexibility index (Phi) is 7.57. The van der Waals surface area contributed by atoms with Crippen molar-refractivity contribution in [1.29, 1.82) is 0 Å². The van der Waals surface area contributed by atoms with Gasteiger partial charge in [0.25, 0.3) is 17.7 Å². The third-order valence-electron chi connectivity index (χ3n) is 5.61. The Hall–Kier alpha value is -4.40. The molecule has 1 aliphatic rings. The van der Waals surface area contributed by atoms with Gasteiger partial charge in [0.2, 0.25) is 0 Å². The molecule has 0 bridgehead atoms. The number of nitrogens with one attached hydrogen (secondary N) is 3. The summed E-state index contributed by atoms with van der Waals surface area (Å²) in [5.41, 5.74) is 0.963. The Morgan fingerprint density at radius 2 is 1.46 bits per heavy atom. The zero-order valence-electron chi connectivity index (χ0n) is 18.9. The van der Waals surface area contributed by atoms with E-state index in [2.05, 4.69) is 16.0 Å². The van der Waals surface area contributed by atoms with Gasteiger partial charge in [-0.05, 0) is 49.2 Å². The van der Waals surface area contributed by atoms with Crippen molar-refractivity contribution < 1.29 is 28.3 Å². The summed E-state index contributed by atoms with van der Waals surface area (Å²) in [7, 11) is 0. The lowest BCUT2D eigenvalue weighted by atomic mass is 10.1. The Bertz CT molecular complexity index is 1220. The first-order chi connectivity index (χ1) is 17.0. The molecule has 180 valence electrons. The van der Waals surface area contributed by atoms with E-state index >= 15 is 0 Å². The van der Waals surface area contributed by atoms with Crippen LogP contribution in [0.5, 0.6) is 0 Å². The number of hydrogen-bond donors (Lipinski definition) is 3. The quantitative estimate of drug-likeness (QED) is 0.423. The van der Waals surface area contributed by atoms with Gasteiger partial charge in [0.1, 0.15) is 0 Å². The summed E-state index contributed by atoms with van der Waals surface area (Å²) < 4.78 is 10.2. The molecule has 9 nitrogen and oxygen atoms in total. The van der Waals surface area contributed by atoms with Gasteiger partial charge in [-0.25, -0.2) is 4.79 Å². The highest BCUT2D eigenvalue weighted by atomic mass is 16.5. The first-order valence-corrected chi connectivity index (χ1v) is 11.3. The number of esters is 1. The van der Waals surface area contributed by atoms with Gasteiger partial charge in [-0.1, -0.05) is 37.1 Å². The largest absolute Gasteiger partial charge is 0.459 e. The molecule has 1 fully saturated rings. The van der Waals surface area contributed by atoms with Gasteiger partial charge in [-0.3, -0.25) is 14.4 Å². The van der Waals surface area contributed by atoms with Crippen molar-refractivity contribution in [3.05, 3.63) is 83.8 Å². The topological polar surface area (TPSA) is 127 Å². The minimum Gasteiger partial charge on any atom is -0.459 e. The minimum absolute atomic E-state index is 0.0801. The summed E-state index contributed by atoms with van der Waals surface area (Å²) in [6.45, 7) is -0.572. The summed E-state index contributed by atoms with van der Waals surface area (Å²) in [5, 5.41) is 8.22. The van der Waals surface area contributed by atoms with Crippen molar-refractivity contribution in [1.82, 2.24) is 5.32 Å². The van der Waals surface area contributed by atoms with Crippen LogP contribution in [0.3, 0.4) is 0 Å². The van der Waals surface area contributed by atoms with E-state index in [1.54, 1.807) is 42.5 Å². The van der Waals surface area contributed by atoms with Gasteiger partial charge in [-0.2, -0.15) is 0 Å². The maximum atomic E-state index is 12.7. The number of amides is 3. The molecule has 0 aliphatic heterocycles. The molecule has 9 heteroatoms. The summed E-state index contributed by atoms with van der Waals surface area (Å²) in [6, 6.07) is 16.1. The second kappa shape index (κ2) is 11.1. The van der Waals surface area contributed by atoms with Crippen molar-refractivity contribution in [3.8, 4) is 0 Å². The van der Waals surface area contributed by atoms with Crippen LogP contribution in [0.1, 0.15) is 57.0 Å². The van der Waals surface area contributed by atoms with Gasteiger partial charge >= 0.3 is 5.97 Å². The fraction of sp³-hybridized carbons (Fsp3) is 0.231. The average molecular weight is 476 g/mol. The predicted octanol–water partition coefficient (Wildman–Crippen LogP) is 4.00. The van der Waals surface area contributed by atoms with Crippen LogP contribution in [0.25, 0.3) is 0 Å². The average Bonchev–Trinajstić information content (AvgIpc) is 3.58. The Labute approximate surface area is 201 Å². The van der Waals surface area contributed by atoms with Crippen molar-refractivity contribution in [3.63, 3.8) is 0 Å². The van der Waals surface area contributed by atoms with Crippen molar-refractivity contribution >= 4 is 35.1 Å². The number of furan rings is 1. The highest BCUT2D eigenvalue weighted by molar-refractivity contribution is 6.07. The standard InChI is InChI=1S/C26H25N3O6/c30-23(28-20-12-5-3-10-18(20)24(31)27-17-8-1-2-9-17)16-35-26(33)19-11-4-6-13-21(19)29-25(32)22-14-7-15-34-22/h3-7,10-15,17H,1-2,8-9,16H2,(H,27,31)(H,28,30)(H,29,32). The van der Waals surface area contributed by atoms with Gasteiger partial charge in [-0.15, -0.1) is 0 Å². The molecule has 2 aromatic carbocycles. The minimum atomic E-state index is -0.789. The van der Waals surface area contributed by atoms with E-state index < -0.39 is 24.4 Å². The van der Waals surface area contributed by atoms with Crippen LogP contribution in [-0.4, -0.2) is 36.3 Å². The number of carbonyl (C=O) groups is 4. The van der Waals surface area contributed by atoms with Gasteiger partial charge < -0.3 is 25.1 Å². The third-order valence-corrected chi connectivity index (χ3v) is 5.61. The van der Waals surface area contributed by atoms with E-state index in [1.807, 2.05) is 0 Å². The number of ether oxygens (including phenoxy) is 1. The normalized spacial score (nSPS) is 13.1. The lowest BCUT2D eigenvalue weighted by Crippen LogP contribution is -2.33. The number of hydrogen-bond acceptors (Lipinski definition) is 6. The number of rotatable bonds is 8. The highest BCUT2D eigenvalue weighted by Crippen LogP contribution is 2.21. The van der Waals surface area contributed by atoms with Crippen molar-refractivity contribution in [2.24, 2.45) is 0 Å². The molecule has 4 rings (SSSR count). The Morgan fingerprint density at radius 1 is 0.800 bits per heavy atom. The molecule has 3 N–H and O–H groups in total. The second-order valence-electron chi connectivity index (χ2n) is 8.10. The van der Waals surface area contributed by atoms with Crippen molar-refractivity contribution in [2.45, 2.75) is 31.7 Å². The first kappa shape index (κ1) is 23.7. The molecular weight excluding hydrogens is 450 g/mol. The smallest absolute Gasteiger partial charge is 0.340 e. The molecular formula is C26H25N3O6. The van der Waals surface area contributed by atoms with E-state index in [4.69, 9.17) is 9.15 Å². The maximum absolute atomic E-state index is 12.7. The maximum Gasteiger partial charge on any atom is 0.340 e.